The first-order chi connectivity index (χ1) is 9.88. The summed E-state index contributed by atoms with van der Waals surface area (Å²) in [7, 11) is 0. The van der Waals surface area contributed by atoms with Crippen molar-refractivity contribution in [1.82, 2.24) is 20.1 Å². The predicted molar refractivity (Wildman–Crippen MR) is 80.9 cm³/mol. The maximum Gasteiger partial charge on any atom is 0.161 e. The third kappa shape index (κ3) is 2.56. The molecule has 0 atom stereocenters. The largest absolute Gasteiger partial charge is 0.311 e. The lowest BCUT2D eigenvalue weighted by Gasteiger charge is -2.10. The first kappa shape index (κ1) is 12.8. The summed E-state index contributed by atoms with van der Waals surface area (Å²) in [5, 5.41) is 10.0. The fraction of sp³-hybridized carbons (Fsp3) is 0.250. The minimum Gasteiger partial charge on any atom is -0.311 e. The van der Waals surface area contributed by atoms with Gasteiger partial charge in [0, 0.05) is 24.3 Å². The van der Waals surface area contributed by atoms with E-state index in [4.69, 9.17) is 4.98 Å². The number of benzene rings is 1. The summed E-state index contributed by atoms with van der Waals surface area (Å²) >= 11 is 0. The molecule has 0 amide bonds. The average Bonchev–Trinajstić information content (AvgIpc) is 3.01. The molecule has 3 aromatic rings. The SMILES string of the molecule is CCCNCc1cc2ccccc2c(-n2cccn2)n1. The van der Waals surface area contributed by atoms with Crippen molar-refractivity contribution in [1.29, 1.82) is 0 Å². The van der Waals surface area contributed by atoms with E-state index in [0.29, 0.717) is 0 Å². The van der Waals surface area contributed by atoms with Crippen LogP contribution in [0, 0.1) is 0 Å². The molecule has 1 aromatic carbocycles. The number of hydrogen-bond donors (Lipinski definition) is 1. The number of rotatable bonds is 5. The van der Waals surface area contributed by atoms with Crippen molar-refractivity contribution in [2.75, 3.05) is 6.54 Å². The quantitative estimate of drug-likeness (QED) is 0.722. The molecule has 0 saturated carbocycles. The molecular formula is C16H18N4. The standard InChI is InChI=1S/C16H18N4/c1-2-8-17-12-14-11-13-6-3-4-7-15(13)16(19-14)20-10-5-9-18-20/h3-7,9-11,17H,2,8,12H2,1H3. The summed E-state index contributed by atoms with van der Waals surface area (Å²) in [6.07, 6.45) is 4.83. The fourth-order valence-corrected chi connectivity index (χ4v) is 2.29. The van der Waals surface area contributed by atoms with Gasteiger partial charge in [0.2, 0.25) is 0 Å². The van der Waals surface area contributed by atoms with Crippen LogP contribution in [-0.4, -0.2) is 21.3 Å². The molecule has 4 nitrogen and oxygen atoms in total. The van der Waals surface area contributed by atoms with Crippen molar-refractivity contribution in [3.63, 3.8) is 0 Å². The molecule has 0 saturated heterocycles. The van der Waals surface area contributed by atoms with E-state index >= 15 is 0 Å². The number of nitrogens with zero attached hydrogens (tertiary/aromatic N) is 3. The number of aromatic nitrogens is 3. The van der Waals surface area contributed by atoms with Gasteiger partial charge in [-0.15, -0.1) is 0 Å². The second-order valence-corrected chi connectivity index (χ2v) is 4.79. The van der Waals surface area contributed by atoms with E-state index in [9.17, 15) is 0 Å². The molecule has 0 aliphatic carbocycles. The van der Waals surface area contributed by atoms with Crippen LogP contribution in [-0.2, 0) is 6.54 Å². The van der Waals surface area contributed by atoms with Gasteiger partial charge in [-0.2, -0.15) is 5.10 Å². The first-order valence-corrected chi connectivity index (χ1v) is 6.98. The monoisotopic (exact) mass is 266 g/mol. The molecule has 20 heavy (non-hydrogen) atoms. The number of nitrogens with one attached hydrogen (secondary N) is 1. The summed E-state index contributed by atoms with van der Waals surface area (Å²) in [5.41, 5.74) is 1.04. The Kier molecular flexibility index (Phi) is 3.74. The van der Waals surface area contributed by atoms with Crippen molar-refractivity contribution < 1.29 is 0 Å². The van der Waals surface area contributed by atoms with Crippen LogP contribution >= 0.6 is 0 Å². The van der Waals surface area contributed by atoms with Gasteiger partial charge in [-0.3, -0.25) is 0 Å². The van der Waals surface area contributed by atoms with Crippen molar-refractivity contribution in [3.05, 3.63) is 54.5 Å². The molecule has 3 rings (SSSR count). The lowest BCUT2D eigenvalue weighted by molar-refractivity contribution is 0.662. The smallest absolute Gasteiger partial charge is 0.161 e. The normalized spacial score (nSPS) is 11.1. The van der Waals surface area contributed by atoms with Gasteiger partial charge >= 0.3 is 0 Å². The van der Waals surface area contributed by atoms with Gasteiger partial charge in [-0.1, -0.05) is 31.2 Å². The Labute approximate surface area is 118 Å². The Morgan fingerprint density at radius 2 is 2.10 bits per heavy atom. The van der Waals surface area contributed by atoms with Gasteiger partial charge in [0.1, 0.15) is 0 Å². The van der Waals surface area contributed by atoms with Crippen LogP contribution in [0.25, 0.3) is 16.6 Å². The maximum absolute atomic E-state index is 4.75. The molecular weight excluding hydrogens is 248 g/mol. The highest BCUT2D eigenvalue weighted by Gasteiger charge is 2.07. The molecule has 2 aromatic heterocycles. The Morgan fingerprint density at radius 1 is 1.20 bits per heavy atom. The Balaban J connectivity index is 2.06. The van der Waals surface area contributed by atoms with Crippen LogP contribution in [0.15, 0.2) is 48.8 Å². The average molecular weight is 266 g/mol. The third-order valence-electron chi connectivity index (χ3n) is 3.23. The molecule has 0 radical (unpaired) electrons. The minimum atomic E-state index is 0.785. The highest BCUT2D eigenvalue weighted by molar-refractivity contribution is 5.88. The van der Waals surface area contributed by atoms with Crippen LogP contribution in [0.3, 0.4) is 0 Å². The zero-order chi connectivity index (χ0) is 13.8. The topological polar surface area (TPSA) is 42.7 Å². The summed E-state index contributed by atoms with van der Waals surface area (Å²) in [6, 6.07) is 12.4. The van der Waals surface area contributed by atoms with Crippen LogP contribution in [0.4, 0.5) is 0 Å². The minimum absolute atomic E-state index is 0.785. The molecule has 102 valence electrons. The fourth-order valence-electron chi connectivity index (χ4n) is 2.29. The Hall–Kier alpha value is -2.20. The summed E-state index contributed by atoms with van der Waals surface area (Å²) < 4.78 is 1.83. The lowest BCUT2D eigenvalue weighted by atomic mass is 10.1. The number of hydrogen-bond acceptors (Lipinski definition) is 3. The zero-order valence-electron chi connectivity index (χ0n) is 11.6. The van der Waals surface area contributed by atoms with E-state index in [1.165, 1.54) is 5.39 Å². The van der Waals surface area contributed by atoms with E-state index < -0.39 is 0 Å². The highest BCUT2D eigenvalue weighted by Crippen LogP contribution is 2.21. The lowest BCUT2D eigenvalue weighted by Crippen LogP contribution is -2.15. The van der Waals surface area contributed by atoms with Crippen LogP contribution < -0.4 is 5.32 Å². The van der Waals surface area contributed by atoms with Crippen molar-refractivity contribution in [3.8, 4) is 5.82 Å². The number of fused-ring (bicyclic) bond motifs is 1. The van der Waals surface area contributed by atoms with E-state index in [0.717, 1.165) is 36.4 Å². The molecule has 0 aliphatic rings. The van der Waals surface area contributed by atoms with Crippen molar-refractivity contribution in [2.45, 2.75) is 19.9 Å². The van der Waals surface area contributed by atoms with E-state index in [-0.39, 0.29) is 0 Å². The molecule has 2 heterocycles. The second kappa shape index (κ2) is 5.84. The van der Waals surface area contributed by atoms with Gasteiger partial charge < -0.3 is 5.32 Å². The predicted octanol–water partition coefficient (Wildman–Crippen LogP) is 2.92. The molecule has 1 N–H and O–H groups in total. The Morgan fingerprint density at radius 3 is 2.90 bits per heavy atom. The van der Waals surface area contributed by atoms with Gasteiger partial charge in [-0.05, 0) is 30.5 Å². The van der Waals surface area contributed by atoms with Crippen molar-refractivity contribution in [2.24, 2.45) is 0 Å². The molecule has 0 bridgehead atoms. The third-order valence-corrected chi connectivity index (χ3v) is 3.23. The molecule has 0 aliphatic heterocycles. The van der Waals surface area contributed by atoms with E-state index in [1.807, 2.05) is 23.0 Å². The van der Waals surface area contributed by atoms with Crippen molar-refractivity contribution >= 4 is 10.8 Å². The Bertz CT molecular complexity index is 689. The first-order valence-electron chi connectivity index (χ1n) is 6.98. The van der Waals surface area contributed by atoms with Gasteiger partial charge in [0.05, 0.1) is 5.69 Å². The number of pyridine rings is 1. The summed E-state index contributed by atoms with van der Waals surface area (Å²) in [5.74, 6) is 0.890. The van der Waals surface area contributed by atoms with Gasteiger partial charge in [0.15, 0.2) is 5.82 Å². The molecule has 0 fully saturated rings. The van der Waals surface area contributed by atoms with Crippen LogP contribution in [0.5, 0.6) is 0 Å². The molecule has 0 unspecified atom stereocenters. The molecule has 4 heteroatoms. The summed E-state index contributed by atoms with van der Waals surface area (Å²) in [4.78, 5) is 4.75. The van der Waals surface area contributed by atoms with Crippen LogP contribution in [0.2, 0.25) is 0 Å². The second-order valence-electron chi connectivity index (χ2n) is 4.79. The zero-order valence-corrected chi connectivity index (χ0v) is 11.6. The maximum atomic E-state index is 4.75. The molecule has 0 spiro atoms. The van der Waals surface area contributed by atoms with Gasteiger partial charge in [-0.25, -0.2) is 9.67 Å². The highest BCUT2D eigenvalue weighted by atomic mass is 15.3. The van der Waals surface area contributed by atoms with E-state index in [1.54, 1.807) is 6.20 Å². The summed E-state index contributed by atoms with van der Waals surface area (Å²) in [6.45, 7) is 3.95. The van der Waals surface area contributed by atoms with E-state index in [2.05, 4.69) is 41.6 Å². The van der Waals surface area contributed by atoms with Gasteiger partial charge in [0.25, 0.3) is 0 Å². The van der Waals surface area contributed by atoms with Crippen LogP contribution in [0.1, 0.15) is 19.0 Å².